The van der Waals surface area contributed by atoms with E-state index in [1.54, 1.807) is 19.2 Å². The van der Waals surface area contributed by atoms with E-state index in [4.69, 9.17) is 0 Å². The van der Waals surface area contributed by atoms with Gasteiger partial charge in [0.25, 0.3) is 0 Å². The van der Waals surface area contributed by atoms with Crippen LogP contribution in [0.15, 0.2) is 58.4 Å². The van der Waals surface area contributed by atoms with Gasteiger partial charge in [-0.05, 0) is 30.0 Å². The van der Waals surface area contributed by atoms with Gasteiger partial charge in [-0.2, -0.15) is 0 Å². The van der Waals surface area contributed by atoms with Crippen molar-refractivity contribution in [3.05, 3.63) is 65.2 Å². The zero-order valence-electron chi connectivity index (χ0n) is 17.2. The lowest BCUT2D eigenvalue weighted by atomic mass is 10.0. The van der Waals surface area contributed by atoms with Gasteiger partial charge in [0, 0.05) is 34.2 Å². The van der Waals surface area contributed by atoms with Crippen molar-refractivity contribution in [2.24, 2.45) is 4.99 Å². The maximum atomic E-state index is 12.5. The number of rotatable bonds is 7. The molecule has 0 aliphatic carbocycles. The number of aryl methyl sites for hydroxylation is 1. The van der Waals surface area contributed by atoms with Crippen LogP contribution in [0.5, 0.6) is 0 Å². The quantitative estimate of drug-likeness (QED) is 0.552. The summed E-state index contributed by atoms with van der Waals surface area (Å²) in [5.74, 6) is 0.955. The molecule has 0 aliphatic heterocycles. The summed E-state index contributed by atoms with van der Waals surface area (Å²) in [5.41, 5.74) is 3.20. The maximum absolute atomic E-state index is 12.5. The number of hydrogen-bond acceptors (Lipinski definition) is 3. The van der Waals surface area contributed by atoms with Crippen LogP contribution in [-0.2, 0) is 16.6 Å². The first-order valence-electron chi connectivity index (χ1n) is 9.27. The number of nitrogens with one attached hydrogen (secondary N) is 2. The highest BCUT2D eigenvalue weighted by atomic mass is 32.2. The molecule has 0 amide bonds. The largest absolute Gasteiger partial charge is 0.356 e. The summed E-state index contributed by atoms with van der Waals surface area (Å²) in [6.45, 7) is 5.32. The van der Waals surface area contributed by atoms with Crippen LogP contribution in [-0.4, -0.2) is 46.4 Å². The molecule has 2 aromatic carbocycles. The van der Waals surface area contributed by atoms with Gasteiger partial charge in [0.1, 0.15) is 0 Å². The third kappa shape index (κ3) is 5.56. The van der Waals surface area contributed by atoms with E-state index in [1.165, 1.54) is 29.5 Å². The van der Waals surface area contributed by atoms with Gasteiger partial charge in [0.15, 0.2) is 5.96 Å². The van der Waals surface area contributed by atoms with Gasteiger partial charge in [-0.25, -0.2) is 12.7 Å². The van der Waals surface area contributed by atoms with Crippen LogP contribution in [0.4, 0.5) is 0 Å². The van der Waals surface area contributed by atoms with Crippen molar-refractivity contribution in [2.45, 2.75) is 31.2 Å². The number of sulfonamides is 1. The van der Waals surface area contributed by atoms with E-state index in [0.717, 1.165) is 6.54 Å². The molecule has 0 bridgehead atoms. The molecule has 6 nitrogen and oxygen atoms in total. The van der Waals surface area contributed by atoms with Crippen molar-refractivity contribution < 1.29 is 8.42 Å². The smallest absolute Gasteiger partial charge is 0.242 e. The normalized spacial score (nSPS) is 13.4. The lowest BCUT2D eigenvalue weighted by Gasteiger charge is -2.18. The maximum Gasteiger partial charge on any atom is 0.242 e. The van der Waals surface area contributed by atoms with Gasteiger partial charge in [0.05, 0.1) is 4.90 Å². The van der Waals surface area contributed by atoms with Gasteiger partial charge in [-0.3, -0.25) is 4.99 Å². The van der Waals surface area contributed by atoms with Crippen molar-refractivity contribution in [1.82, 2.24) is 14.9 Å². The average Bonchev–Trinajstić information content (AvgIpc) is 2.68. The lowest BCUT2D eigenvalue weighted by Crippen LogP contribution is -2.39. The van der Waals surface area contributed by atoms with Crippen LogP contribution in [0.25, 0.3) is 0 Å². The molecule has 0 saturated heterocycles. The van der Waals surface area contributed by atoms with Crippen molar-refractivity contribution in [3.8, 4) is 0 Å². The Morgan fingerprint density at radius 3 is 2.32 bits per heavy atom. The molecule has 0 aliphatic rings. The minimum atomic E-state index is -3.49. The predicted molar refractivity (Wildman–Crippen MR) is 115 cm³/mol. The van der Waals surface area contributed by atoms with Crippen LogP contribution in [0, 0.1) is 6.92 Å². The molecule has 7 heteroatoms. The Bertz CT molecular complexity index is 906. The van der Waals surface area contributed by atoms with Gasteiger partial charge in [-0.15, -0.1) is 0 Å². The number of nitrogens with zero attached hydrogens (tertiary/aromatic N) is 2. The van der Waals surface area contributed by atoms with Crippen molar-refractivity contribution >= 4 is 16.0 Å². The molecule has 152 valence electrons. The summed E-state index contributed by atoms with van der Waals surface area (Å²) >= 11 is 0. The Kier molecular flexibility index (Phi) is 7.60. The Labute approximate surface area is 168 Å². The molecule has 0 radical (unpaired) electrons. The first-order chi connectivity index (χ1) is 13.3. The zero-order chi connectivity index (χ0) is 20.7. The summed E-state index contributed by atoms with van der Waals surface area (Å²) in [4.78, 5) is 4.55. The van der Waals surface area contributed by atoms with E-state index in [2.05, 4.69) is 53.7 Å². The molecule has 2 N–H and O–H groups in total. The highest BCUT2D eigenvalue weighted by Crippen LogP contribution is 2.18. The monoisotopic (exact) mass is 402 g/mol. The highest BCUT2D eigenvalue weighted by molar-refractivity contribution is 7.89. The van der Waals surface area contributed by atoms with Crippen molar-refractivity contribution in [3.63, 3.8) is 0 Å². The molecule has 0 saturated carbocycles. The first-order valence-corrected chi connectivity index (χ1v) is 10.7. The number of guanidine groups is 1. The molecule has 1 atom stereocenters. The van der Waals surface area contributed by atoms with E-state index in [9.17, 15) is 8.42 Å². The van der Waals surface area contributed by atoms with Gasteiger partial charge in [0.2, 0.25) is 10.0 Å². The van der Waals surface area contributed by atoms with E-state index < -0.39 is 10.0 Å². The Morgan fingerprint density at radius 1 is 1.07 bits per heavy atom. The summed E-state index contributed by atoms with van der Waals surface area (Å²) in [6, 6.07) is 15.5. The second-order valence-corrected chi connectivity index (χ2v) is 9.13. The van der Waals surface area contributed by atoms with Gasteiger partial charge >= 0.3 is 0 Å². The lowest BCUT2D eigenvalue weighted by molar-refractivity contribution is 0.519. The predicted octanol–water partition coefficient (Wildman–Crippen LogP) is 2.71. The van der Waals surface area contributed by atoms with Crippen molar-refractivity contribution in [2.75, 3.05) is 27.7 Å². The topological polar surface area (TPSA) is 73.8 Å². The molecule has 0 spiro atoms. The van der Waals surface area contributed by atoms with E-state index in [-0.39, 0.29) is 0 Å². The number of hydrogen-bond donors (Lipinski definition) is 2. The number of aliphatic imine (C=N–C) groups is 1. The van der Waals surface area contributed by atoms with Crippen LogP contribution >= 0.6 is 0 Å². The standard InChI is InChI=1S/C21H30N4O2S/c1-16-10-12-18(13-11-16)17(2)14-23-21(22-3)24-15-19-8-6-7-9-20(19)28(26,27)25(4)5/h6-13,17H,14-15H2,1-5H3,(H2,22,23,24). The summed E-state index contributed by atoms with van der Waals surface area (Å²) in [7, 11) is 1.28. The third-order valence-corrected chi connectivity index (χ3v) is 6.54. The van der Waals surface area contributed by atoms with Gasteiger partial charge in [-0.1, -0.05) is 55.0 Å². The van der Waals surface area contributed by atoms with Crippen LogP contribution in [0.1, 0.15) is 29.5 Å². The third-order valence-electron chi connectivity index (χ3n) is 4.62. The number of benzene rings is 2. The minimum Gasteiger partial charge on any atom is -0.356 e. The summed E-state index contributed by atoms with van der Waals surface area (Å²) in [5, 5.41) is 6.52. The summed E-state index contributed by atoms with van der Waals surface area (Å²) in [6.07, 6.45) is 0. The second-order valence-electron chi connectivity index (χ2n) is 7.01. The molecular formula is C21H30N4O2S. The Hall–Kier alpha value is -2.38. The fourth-order valence-corrected chi connectivity index (χ4v) is 3.88. The zero-order valence-corrected chi connectivity index (χ0v) is 18.0. The van der Waals surface area contributed by atoms with E-state index >= 15 is 0 Å². The minimum absolute atomic E-state index is 0.302. The van der Waals surface area contributed by atoms with Crippen LogP contribution in [0.2, 0.25) is 0 Å². The van der Waals surface area contributed by atoms with Crippen LogP contribution in [0.3, 0.4) is 0 Å². The van der Waals surface area contributed by atoms with Crippen molar-refractivity contribution in [1.29, 1.82) is 0 Å². The molecular weight excluding hydrogens is 372 g/mol. The SMILES string of the molecule is CN=C(NCc1ccccc1S(=O)(=O)N(C)C)NCC(C)c1ccc(C)cc1. The van der Waals surface area contributed by atoms with Gasteiger partial charge < -0.3 is 10.6 Å². The Morgan fingerprint density at radius 2 is 1.71 bits per heavy atom. The highest BCUT2D eigenvalue weighted by Gasteiger charge is 2.20. The average molecular weight is 403 g/mol. The molecule has 2 aromatic rings. The van der Waals surface area contributed by atoms with Crippen LogP contribution < -0.4 is 10.6 Å². The fourth-order valence-electron chi connectivity index (χ4n) is 2.76. The van der Waals surface area contributed by atoms with E-state index in [1.807, 2.05) is 12.1 Å². The molecule has 0 heterocycles. The fraction of sp³-hybridized carbons (Fsp3) is 0.381. The first kappa shape index (κ1) is 21.9. The van der Waals surface area contributed by atoms with E-state index in [0.29, 0.717) is 28.9 Å². The molecule has 2 rings (SSSR count). The molecule has 0 fully saturated rings. The molecule has 0 aromatic heterocycles. The summed E-state index contributed by atoms with van der Waals surface area (Å²) < 4.78 is 26.3. The Balaban J connectivity index is 2.01. The second kappa shape index (κ2) is 9.71. The molecule has 28 heavy (non-hydrogen) atoms. The molecule has 1 unspecified atom stereocenters.